The SMILES string of the molecule is CS(=O)(=O)[O-].C[N+]1(CC(F)(F)C(F)F)CCOCC1. The van der Waals surface area contributed by atoms with Crippen molar-refractivity contribution in [3.63, 3.8) is 0 Å². The van der Waals surface area contributed by atoms with Crippen LogP contribution in [0.3, 0.4) is 0 Å². The highest BCUT2D eigenvalue weighted by molar-refractivity contribution is 7.84. The van der Waals surface area contributed by atoms with Gasteiger partial charge in [0, 0.05) is 6.26 Å². The fraction of sp³-hybridized carbons (Fsp3) is 1.00. The van der Waals surface area contributed by atoms with E-state index in [1.165, 1.54) is 0 Å². The van der Waals surface area contributed by atoms with Gasteiger partial charge in [-0.2, -0.15) is 8.78 Å². The van der Waals surface area contributed by atoms with Crippen molar-refractivity contribution < 1.29 is 39.8 Å². The van der Waals surface area contributed by atoms with Crippen LogP contribution in [0.1, 0.15) is 0 Å². The zero-order valence-electron chi connectivity index (χ0n) is 10.6. The van der Waals surface area contributed by atoms with Crippen LogP contribution >= 0.6 is 0 Å². The number of hydrogen-bond acceptors (Lipinski definition) is 4. The number of likely N-dealkylation sites (N-methyl/N-ethyl adjacent to an activating group) is 1. The van der Waals surface area contributed by atoms with Gasteiger partial charge in [-0.25, -0.2) is 17.2 Å². The Morgan fingerprint density at radius 2 is 1.68 bits per heavy atom. The van der Waals surface area contributed by atoms with Gasteiger partial charge in [0.1, 0.15) is 19.6 Å². The van der Waals surface area contributed by atoms with Crippen LogP contribution in [0.25, 0.3) is 0 Å². The average Bonchev–Trinajstić information content (AvgIpc) is 2.13. The van der Waals surface area contributed by atoms with Gasteiger partial charge in [-0.15, -0.1) is 0 Å². The summed E-state index contributed by atoms with van der Waals surface area (Å²) in [5.41, 5.74) is 0. The molecule has 0 aliphatic carbocycles. The Labute approximate surface area is 109 Å². The Morgan fingerprint density at radius 3 is 2.00 bits per heavy atom. The standard InChI is InChI=1S/C8H14F4NO.CH4O3S/c1-13(2-4-14-5-3-13)6-8(11,12)7(9)10;1-5(2,3)4/h7H,2-6H2,1H3;1H3,(H,2,3,4)/q+1;/p-1. The molecule has 1 rings (SSSR count). The Kier molecular flexibility index (Phi) is 6.66. The van der Waals surface area contributed by atoms with E-state index in [0.717, 1.165) is 0 Å². The molecule has 1 saturated heterocycles. The maximum Gasteiger partial charge on any atom is 0.354 e. The zero-order chi connectivity index (χ0) is 15.3. The number of morpholine rings is 1. The molecule has 19 heavy (non-hydrogen) atoms. The van der Waals surface area contributed by atoms with Crippen LogP contribution in [-0.2, 0) is 14.9 Å². The second-order valence-electron chi connectivity index (χ2n) is 4.60. The molecular weight excluding hydrogens is 294 g/mol. The number of alkyl halides is 4. The number of halogens is 4. The number of hydrogen-bond donors (Lipinski definition) is 0. The van der Waals surface area contributed by atoms with Crippen molar-refractivity contribution in [2.24, 2.45) is 0 Å². The Hall–Kier alpha value is -0.450. The van der Waals surface area contributed by atoms with Crippen LogP contribution in [-0.4, -0.2) is 76.0 Å². The lowest BCUT2D eigenvalue weighted by atomic mass is 10.2. The van der Waals surface area contributed by atoms with Gasteiger partial charge in [0.05, 0.1) is 30.4 Å². The highest BCUT2D eigenvalue weighted by atomic mass is 32.2. The van der Waals surface area contributed by atoms with Gasteiger partial charge in [-0.05, 0) is 0 Å². The van der Waals surface area contributed by atoms with Gasteiger partial charge in [-0.3, -0.25) is 0 Å². The highest BCUT2D eigenvalue weighted by Gasteiger charge is 2.48. The normalized spacial score (nSPS) is 19.8. The molecule has 0 aromatic rings. The van der Waals surface area contributed by atoms with Crippen molar-refractivity contribution in [2.45, 2.75) is 12.3 Å². The van der Waals surface area contributed by atoms with Crippen LogP contribution in [0.4, 0.5) is 17.6 Å². The number of nitrogens with zero attached hydrogens (tertiary/aromatic N) is 1. The van der Waals surface area contributed by atoms with Crippen LogP contribution < -0.4 is 0 Å². The minimum atomic E-state index is -3.92. The first-order valence-corrected chi connectivity index (χ1v) is 7.15. The second-order valence-corrected chi connectivity index (χ2v) is 6.01. The number of ether oxygens (including phenoxy) is 1. The molecule has 1 aliphatic rings. The van der Waals surface area contributed by atoms with E-state index in [1.807, 2.05) is 0 Å². The third-order valence-electron chi connectivity index (χ3n) is 2.46. The van der Waals surface area contributed by atoms with Crippen molar-refractivity contribution in [1.29, 1.82) is 0 Å². The molecule has 0 aromatic heterocycles. The predicted molar refractivity (Wildman–Crippen MR) is 58.2 cm³/mol. The van der Waals surface area contributed by atoms with E-state index >= 15 is 0 Å². The van der Waals surface area contributed by atoms with Gasteiger partial charge in [-0.1, -0.05) is 0 Å². The molecule has 116 valence electrons. The summed E-state index contributed by atoms with van der Waals surface area (Å²) in [5, 5.41) is 0. The smallest absolute Gasteiger partial charge is 0.354 e. The molecule has 0 aromatic carbocycles. The first-order chi connectivity index (χ1) is 8.36. The van der Waals surface area contributed by atoms with E-state index in [9.17, 15) is 17.6 Å². The third-order valence-corrected chi connectivity index (χ3v) is 2.46. The van der Waals surface area contributed by atoms with Crippen LogP contribution in [0, 0.1) is 0 Å². The molecule has 1 aliphatic heterocycles. The van der Waals surface area contributed by atoms with Crippen molar-refractivity contribution in [2.75, 3.05) is 46.2 Å². The average molecular weight is 311 g/mol. The van der Waals surface area contributed by atoms with E-state index in [4.69, 9.17) is 17.7 Å². The van der Waals surface area contributed by atoms with Gasteiger partial charge in [0.2, 0.25) is 0 Å². The topological polar surface area (TPSA) is 66.4 Å². The summed E-state index contributed by atoms with van der Waals surface area (Å²) in [5.74, 6) is -3.90. The molecule has 0 spiro atoms. The largest absolute Gasteiger partial charge is 0.748 e. The lowest BCUT2D eigenvalue weighted by Crippen LogP contribution is -2.58. The van der Waals surface area contributed by atoms with E-state index in [2.05, 4.69) is 0 Å². The van der Waals surface area contributed by atoms with E-state index in [-0.39, 0.29) is 4.48 Å². The Morgan fingerprint density at radius 1 is 1.32 bits per heavy atom. The molecule has 0 atom stereocenters. The highest BCUT2D eigenvalue weighted by Crippen LogP contribution is 2.26. The molecule has 0 amide bonds. The molecule has 0 bridgehead atoms. The molecule has 5 nitrogen and oxygen atoms in total. The predicted octanol–water partition coefficient (Wildman–Crippen LogP) is 0.525. The number of quaternary nitrogens is 1. The quantitative estimate of drug-likeness (QED) is 0.433. The molecule has 1 fully saturated rings. The summed E-state index contributed by atoms with van der Waals surface area (Å²) in [7, 11) is -2.36. The van der Waals surface area contributed by atoms with E-state index in [0.29, 0.717) is 32.6 Å². The van der Waals surface area contributed by atoms with E-state index in [1.54, 1.807) is 7.05 Å². The summed E-state index contributed by atoms with van der Waals surface area (Å²) in [6.45, 7) is 0.629. The molecule has 1 heterocycles. The molecule has 10 heteroatoms. The molecular formula is C9H17F4NO4S. The van der Waals surface area contributed by atoms with Gasteiger partial charge in [0.15, 0.2) is 0 Å². The lowest BCUT2D eigenvalue weighted by molar-refractivity contribution is -0.924. The van der Waals surface area contributed by atoms with Crippen LogP contribution in [0.5, 0.6) is 0 Å². The number of rotatable bonds is 3. The summed E-state index contributed by atoms with van der Waals surface area (Å²) >= 11 is 0. The fourth-order valence-corrected chi connectivity index (χ4v) is 1.52. The van der Waals surface area contributed by atoms with Crippen LogP contribution in [0.2, 0.25) is 0 Å². The zero-order valence-corrected chi connectivity index (χ0v) is 11.4. The summed E-state index contributed by atoms with van der Waals surface area (Å²) in [4.78, 5) is 0. The first kappa shape index (κ1) is 18.6. The Balaban J connectivity index is 0.000000555. The second kappa shape index (κ2) is 6.82. The van der Waals surface area contributed by atoms with E-state index < -0.39 is 29.0 Å². The van der Waals surface area contributed by atoms with Crippen molar-refractivity contribution in [3.8, 4) is 0 Å². The van der Waals surface area contributed by atoms with Crippen molar-refractivity contribution >= 4 is 10.1 Å². The monoisotopic (exact) mass is 311 g/mol. The molecule has 0 radical (unpaired) electrons. The lowest BCUT2D eigenvalue weighted by Gasteiger charge is -2.39. The van der Waals surface area contributed by atoms with Crippen molar-refractivity contribution in [3.05, 3.63) is 0 Å². The maximum atomic E-state index is 12.8. The minimum Gasteiger partial charge on any atom is -0.748 e. The van der Waals surface area contributed by atoms with Crippen molar-refractivity contribution in [1.82, 2.24) is 0 Å². The fourth-order valence-electron chi connectivity index (χ4n) is 1.52. The van der Waals surface area contributed by atoms with Gasteiger partial charge < -0.3 is 13.8 Å². The Bertz CT molecular complexity index is 360. The maximum absolute atomic E-state index is 12.8. The molecule has 0 unspecified atom stereocenters. The van der Waals surface area contributed by atoms with Crippen LogP contribution in [0.15, 0.2) is 0 Å². The minimum absolute atomic E-state index is 0.0443. The first-order valence-electron chi connectivity index (χ1n) is 5.34. The van der Waals surface area contributed by atoms with Gasteiger partial charge >= 0.3 is 12.3 Å². The van der Waals surface area contributed by atoms with Gasteiger partial charge in [0.25, 0.3) is 0 Å². The molecule has 0 saturated carbocycles. The summed E-state index contributed by atoms with van der Waals surface area (Å²) in [6.07, 6.45) is -2.98. The summed E-state index contributed by atoms with van der Waals surface area (Å²) < 4.78 is 81.6. The molecule has 0 N–H and O–H groups in total. The summed E-state index contributed by atoms with van der Waals surface area (Å²) in [6, 6.07) is 0. The third kappa shape index (κ3) is 9.14.